The van der Waals surface area contributed by atoms with Gasteiger partial charge in [-0.1, -0.05) is 12.1 Å². The highest BCUT2D eigenvalue weighted by molar-refractivity contribution is 5.36. The molecule has 0 spiro atoms. The van der Waals surface area contributed by atoms with E-state index in [0.717, 1.165) is 16.9 Å². The van der Waals surface area contributed by atoms with Crippen LogP contribution in [-0.4, -0.2) is 30.9 Å². The smallest absolute Gasteiger partial charge is 0.121 e. The Hall–Kier alpha value is -1.06. The largest absolute Gasteiger partial charge is 0.496 e. The van der Waals surface area contributed by atoms with Gasteiger partial charge in [-0.15, -0.1) is 0 Å². The quantitative estimate of drug-likeness (QED) is 0.788. The van der Waals surface area contributed by atoms with E-state index in [1.807, 2.05) is 19.1 Å². The van der Waals surface area contributed by atoms with Gasteiger partial charge in [-0.05, 0) is 43.4 Å². The summed E-state index contributed by atoms with van der Waals surface area (Å²) in [6.45, 7) is 2.72. The van der Waals surface area contributed by atoms with Crippen molar-refractivity contribution in [3.63, 3.8) is 0 Å². The number of aryl methyl sites for hydroxylation is 1. The maximum absolute atomic E-state index is 9.90. The number of benzene rings is 1. The fourth-order valence-electron chi connectivity index (χ4n) is 2.00. The van der Waals surface area contributed by atoms with Gasteiger partial charge >= 0.3 is 0 Å². The summed E-state index contributed by atoms with van der Waals surface area (Å²) in [5.74, 6) is 0.902. The lowest BCUT2D eigenvalue weighted by atomic mass is 10.0. The standard InChI is InChI=1S/C14H21NO2/c1-10-7-11(3-6-14(10)17-2)8-13(16)9-15-12-4-5-12/h3,6-7,12-13,15-16H,4-5,8-9H2,1-2H3. The number of ether oxygens (including phenoxy) is 1. The van der Waals surface area contributed by atoms with Gasteiger partial charge in [-0.2, -0.15) is 0 Å². The zero-order valence-electron chi connectivity index (χ0n) is 10.6. The maximum Gasteiger partial charge on any atom is 0.121 e. The summed E-state index contributed by atoms with van der Waals surface area (Å²) >= 11 is 0. The number of hydrogen-bond acceptors (Lipinski definition) is 3. The number of aliphatic hydroxyl groups is 1. The van der Waals surface area contributed by atoms with Gasteiger partial charge in [-0.25, -0.2) is 0 Å². The third-order valence-corrected chi connectivity index (χ3v) is 3.15. The first kappa shape index (κ1) is 12.4. The molecule has 1 unspecified atom stereocenters. The molecule has 1 fully saturated rings. The summed E-state index contributed by atoms with van der Waals surface area (Å²) in [6.07, 6.45) is 2.91. The first-order chi connectivity index (χ1) is 8.19. The maximum atomic E-state index is 9.90. The van der Waals surface area contributed by atoms with Crippen molar-refractivity contribution in [1.29, 1.82) is 0 Å². The molecular weight excluding hydrogens is 214 g/mol. The molecule has 0 aromatic heterocycles. The van der Waals surface area contributed by atoms with Crippen LogP contribution in [0.3, 0.4) is 0 Å². The molecule has 1 aromatic carbocycles. The summed E-state index contributed by atoms with van der Waals surface area (Å²) < 4.78 is 5.22. The number of hydrogen-bond donors (Lipinski definition) is 2. The molecule has 0 amide bonds. The van der Waals surface area contributed by atoms with E-state index in [4.69, 9.17) is 4.74 Å². The van der Waals surface area contributed by atoms with Gasteiger partial charge in [0.05, 0.1) is 13.2 Å². The highest BCUT2D eigenvalue weighted by atomic mass is 16.5. The molecule has 17 heavy (non-hydrogen) atoms. The second-order valence-electron chi connectivity index (χ2n) is 4.84. The Morgan fingerprint density at radius 3 is 2.82 bits per heavy atom. The van der Waals surface area contributed by atoms with Crippen molar-refractivity contribution in [3.8, 4) is 5.75 Å². The zero-order chi connectivity index (χ0) is 12.3. The number of rotatable bonds is 6. The topological polar surface area (TPSA) is 41.5 Å². The van der Waals surface area contributed by atoms with Crippen LogP contribution >= 0.6 is 0 Å². The van der Waals surface area contributed by atoms with Crippen LogP contribution in [-0.2, 0) is 6.42 Å². The van der Waals surface area contributed by atoms with Crippen LogP contribution in [0.4, 0.5) is 0 Å². The minimum Gasteiger partial charge on any atom is -0.496 e. The van der Waals surface area contributed by atoms with Crippen molar-refractivity contribution in [2.45, 2.75) is 38.3 Å². The predicted octanol–water partition coefficient (Wildman–Crippen LogP) is 1.66. The third-order valence-electron chi connectivity index (χ3n) is 3.15. The second-order valence-corrected chi connectivity index (χ2v) is 4.84. The molecule has 2 rings (SSSR count). The highest BCUT2D eigenvalue weighted by Crippen LogP contribution is 2.20. The van der Waals surface area contributed by atoms with Crippen molar-refractivity contribution >= 4 is 0 Å². The monoisotopic (exact) mass is 235 g/mol. The summed E-state index contributed by atoms with van der Waals surface area (Å²) in [7, 11) is 1.68. The van der Waals surface area contributed by atoms with Crippen molar-refractivity contribution in [1.82, 2.24) is 5.32 Å². The van der Waals surface area contributed by atoms with Gasteiger partial charge in [0.25, 0.3) is 0 Å². The van der Waals surface area contributed by atoms with E-state index in [9.17, 15) is 5.11 Å². The number of nitrogens with one attached hydrogen (secondary N) is 1. The lowest BCUT2D eigenvalue weighted by Crippen LogP contribution is -2.29. The van der Waals surface area contributed by atoms with Gasteiger partial charge in [0.1, 0.15) is 5.75 Å². The predicted molar refractivity (Wildman–Crippen MR) is 68.5 cm³/mol. The molecule has 3 heteroatoms. The van der Waals surface area contributed by atoms with Gasteiger partial charge in [0, 0.05) is 12.6 Å². The average Bonchev–Trinajstić information content (AvgIpc) is 3.10. The molecule has 0 bridgehead atoms. The van der Waals surface area contributed by atoms with Gasteiger partial charge < -0.3 is 15.2 Å². The molecule has 1 aromatic rings. The summed E-state index contributed by atoms with van der Waals surface area (Å²) in [4.78, 5) is 0. The van der Waals surface area contributed by atoms with Gasteiger partial charge in [0.2, 0.25) is 0 Å². The fraction of sp³-hybridized carbons (Fsp3) is 0.571. The molecule has 0 saturated heterocycles. The summed E-state index contributed by atoms with van der Waals surface area (Å²) in [6, 6.07) is 6.72. The lowest BCUT2D eigenvalue weighted by Gasteiger charge is -2.13. The fourth-order valence-corrected chi connectivity index (χ4v) is 2.00. The van der Waals surface area contributed by atoms with Crippen molar-refractivity contribution in [2.24, 2.45) is 0 Å². The van der Waals surface area contributed by atoms with Crippen molar-refractivity contribution < 1.29 is 9.84 Å². The van der Waals surface area contributed by atoms with E-state index in [2.05, 4.69) is 11.4 Å². The molecule has 1 aliphatic rings. The van der Waals surface area contributed by atoms with Crippen LogP contribution in [0, 0.1) is 6.92 Å². The number of methoxy groups -OCH3 is 1. The molecule has 0 aliphatic heterocycles. The molecule has 1 aliphatic carbocycles. The van der Waals surface area contributed by atoms with Crippen LogP contribution < -0.4 is 10.1 Å². The minimum absolute atomic E-state index is 0.302. The van der Waals surface area contributed by atoms with E-state index >= 15 is 0 Å². The average molecular weight is 235 g/mol. The molecule has 0 heterocycles. The van der Waals surface area contributed by atoms with Crippen LogP contribution in [0.5, 0.6) is 5.75 Å². The van der Waals surface area contributed by atoms with E-state index in [0.29, 0.717) is 19.0 Å². The number of aliphatic hydroxyl groups excluding tert-OH is 1. The van der Waals surface area contributed by atoms with Crippen LogP contribution in [0.15, 0.2) is 18.2 Å². The molecule has 2 N–H and O–H groups in total. The van der Waals surface area contributed by atoms with Gasteiger partial charge in [0.15, 0.2) is 0 Å². The van der Waals surface area contributed by atoms with Gasteiger partial charge in [-0.3, -0.25) is 0 Å². The second kappa shape index (κ2) is 5.52. The molecule has 3 nitrogen and oxygen atoms in total. The van der Waals surface area contributed by atoms with Crippen molar-refractivity contribution in [3.05, 3.63) is 29.3 Å². The lowest BCUT2D eigenvalue weighted by molar-refractivity contribution is 0.171. The summed E-state index contributed by atoms with van der Waals surface area (Å²) in [5.41, 5.74) is 2.28. The highest BCUT2D eigenvalue weighted by Gasteiger charge is 2.21. The van der Waals surface area contributed by atoms with E-state index in [1.165, 1.54) is 12.8 Å². The Bertz CT molecular complexity index is 374. The van der Waals surface area contributed by atoms with E-state index in [1.54, 1.807) is 7.11 Å². The first-order valence-electron chi connectivity index (χ1n) is 6.24. The van der Waals surface area contributed by atoms with Crippen LogP contribution in [0.1, 0.15) is 24.0 Å². The van der Waals surface area contributed by atoms with E-state index < -0.39 is 0 Å². The first-order valence-corrected chi connectivity index (χ1v) is 6.24. The molecule has 1 atom stereocenters. The molecule has 1 saturated carbocycles. The Labute approximate surface area is 103 Å². The van der Waals surface area contributed by atoms with E-state index in [-0.39, 0.29) is 6.10 Å². The molecular formula is C14H21NO2. The Balaban J connectivity index is 1.86. The normalized spacial score (nSPS) is 16.9. The van der Waals surface area contributed by atoms with Crippen LogP contribution in [0.2, 0.25) is 0 Å². The van der Waals surface area contributed by atoms with Crippen molar-refractivity contribution in [2.75, 3.05) is 13.7 Å². The molecule has 94 valence electrons. The zero-order valence-corrected chi connectivity index (χ0v) is 10.6. The SMILES string of the molecule is COc1ccc(CC(O)CNC2CC2)cc1C. The van der Waals surface area contributed by atoms with Crippen LogP contribution in [0.25, 0.3) is 0 Å². The Morgan fingerprint density at radius 1 is 1.47 bits per heavy atom. The third kappa shape index (κ3) is 3.72. The Kier molecular flexibility index (Phi) is 4.02. The Morgan fingerprint density at radius 2 is 2.24 bits per heavy atom. The minimum atomic E-state index is -0.302. The molecule has 0 radical (unpaired) electrons. The summed E-state index contributed by atoms with van der Waals surface area (Å²) in [5, 5.41) is 13.2.